The van der Waals surface area contributed by atoms with Crippen molar-refractivity contribution < 1.29 is 8.42 Å². The molecule has 0 atom stereocenters. The van der Waals surface area contributed by atoms with Crippen molar-refractivity contribution in [2.24, 2.45) is 0 Å². The topological polar surface area (TPSA) is 80.5 Å². The summed E-state index contributed by atoms with van der Waals surface area (Å²) in [6.45, 7) is 6.33. The molecule has 0 amide bonds. The van der Waals surface area contributed by atoms with Crippen LogP contribution in [0.5, 0.6) is 0 Å². The second-order valence-corrected chi connectivity index (χ2v) is 9.84. The number of hydrogen-bond donors (Lipinski definition) is 0. The van der Waals surface area contributed by atoms with Gasteiger partial charge in [0.15, 0.2) is 5.82 Å². The summed E-state index contributed by atoms with van der Waals surface area (Å²) in [7, 11) is -3.74. The summed E-state index contributed by atoms with van der Waals surface area (Å²) in [5.41, 5.74) is 2.02. The third-order valence-corrected chi connectivity index (χ3v) is 7.62. The van der Waals surface area contributed by atoms with Crippen LogP contribution < -0.4 is 4.31 Å². The smallest absolute Gasteiger partial charge is 0.274 e. The molecule has 0 saturated carbocycles. The van der Waals surface area contributed by atoms with E-state index in [0.29, 0.717) is 29.9 Å². The first kappa shape index (κ1) is 18.8. The molecule has 146 valence electrons. The van der Waals surface area contributed by atoms with Gasteiger partial charge in [-0.25, -0.2) is 17.7 Å². The number of hydrogen-bond acceptors (Lipinski definition) is 6. The maximum atomic E-state index is 13.3. The van der Waals surface area contributed by atoms with E-state index < -0.39 is 10.0 Å². The van der Waals surface area contributed by atoms with Gasteiger partial charge in [0.05, 0.1) is 11.0 Å². The van der Waals surface area contributed by atoms with Crippen LogP contribution in [0.25, 0.3) is 16.7 Å². The Morgan fingerprint density at radius 1 is 1.14 bits per heavy atom. The number of benzene rings is 1. The molecular weight excluding hydrogens is 394 g/mol. The zero-order chi connectivity index (χ0) is 19.9. The van der Waals surface area contributed by atoms with E-state index in [9.17, 15) is 8.42 Å². The van der Waals surface area contributed by atoms with Gasteiger partial charge in [-0.15, -0.1) is 21.5 Å². The van der Waals surface area contributed by atoms with Gasteiger partial charge in [-0.3, -0.25) is 4.40 Å². The molecule has 4 aromatic rings. The van der Waals surface area contributed by atoms with Gasteiger partial charge in [0.25, 0.3) is 10.0 Å². The van der Waals surface area contributed by atoms with Gasteiger partial charge in [-0.05, 0) is 30.0 Å². The molecule has 0 aliphatic rings. The molecule has 0 spiro atoms. The fourth-order valence-corrected chi connectivity index (χ4v) is 5.81. The van der Waals surface area contributed by atoms with E-state index in [2.05, 4.69) is 10.2 Å². The standard InChI is InChI=1S/C19H21N5O2S2/c1-4-11-23(28(25,26)16-10-7-12-27-16)18-19-22-21-17(13(2)3)24(19)15-9-6-5-8-14(15)20-18/h5-10,12-13H,4,11H2,1-3H3. The van der Waals surface area contributed by atoms with Gasteiger partial charge >= 0.3 is 0 Å². The van der Waals surface area contributed by atoms with Gasteiger partial charge in [-0.2, -0.15) is 0 Å². The first-order chi connectivity index (χ1) is 13.4. The average Bonchev–Trinajstić information content (AvgIpc) is 3.35. The minimum absolute atomic E-state index is 0.127. The van der Waals surface area contributed by atoms with Crippen molar-refractivity contribution in [1.29, 1.82) is 0 Å². The van der Waals surface area contributed by atoms with E-state index in [1.165, 1.54) is 15.6 Å². The zero-order valence-electron chi connectivity index (χ0n) is 15.9. The lowest BCUT2D eigenvalue weighted by Gasteiger charge is -2.23. The van der Waals surface area contributed by atoms with Crippen molar-refractivity contribution in [2.75, 3.05) is 10.8 Å². The van der Waals surface area contributed by atoms with Crippen molar-refractivity contribution in [2.45, 2.75) is 37.3 Å². The quantitative estimate of drug-likeness (QED) is 0.474. The summed E-state index contributed by atoms with van der Waals surface area (Å²) >= 11 is 1.20. The van der Waals surface area contributed by atoms with E-state index in [0.717, 1.165) is 11.3 Å². The molecule has 0 aliphatic heterocycles. The van der Waals surface area contributed by atoms with Crippen molar-refractivity contribution in [1.82, 2.24) is 19.6 Å². The Morgan fingerprint density at radius 2 is 1.93 bits per heavy atom. The van der Waals surface area contributed by atoms with Gasteiger partial charge in [0.2, 0.25) is 5.65 Å². The van der Waals surface area contributed by atoms with E-state index in [1.807, 2.05) is 49.4 Å². The van der Waals surface area contributed by atoms with Crippen molar-refractivity contribution in [3.8, 4) is 0 Å². The number of anilines is 1. The predicted molar refractivity (Wildman–Crippen MR) is 112 cm³/mol. The lowest BCUT2D eigenvalue weighted by molar-refractivity contribution is 0.591. The Labute approximate surface area is 167 Å². The summed E-state index contributed by atoms with van der Waals surface area (Å²) in [5, 5.41) is 10.4. The zero-order valence-corrected chi connectivity index (χ0v) is 17.5. The Kier molecular flexibility index (Phi) is 4.80. The molecule has 28 heavy (non-hydrogen) atoms. The third-order valence-electron chi connectivity index (χ3n) is 4.46. The maximum absolute atomic E-state index is 13.3. The van der Waals surface area contributed by atoms with Crippen LogP contribution in [0.15, 0.2) is 46.0 Å². The molecule has 0 radical (unpaired) electrons. The SMILES string of the molecule is CCCN(c1nc2ccccc2n2c(C(C)C)nnc12)S(=O)(=O)c1cccs1. The molecular formula is C19H21N5O2S2. The van der Waals surface area contributed by atoms with Crippen LogP contribution in [0.1, 0.15) is 38.9 Å². The average molecular weight is 416 g/mol. The normalized spacial score (nSPS) is 12.3. The molecule has 1 aromatic carbocycles. The number of para-hydroxylation sites is 2. The van der Waals surface area contributed by atoms with Crippen molar-refractivity contribution in [3.05, 3.63) is 47.6 Å². The molecule has 4 rings (SSSR count). The Morgan fingerprint density at radius 3 is 2.61 bits per heavy atom. The summed E-state index contributed by atoms with van der Waals surface area (Å²) in [6, 6.07) is 11.0. The van der Waals surface area contributed by atoms with Gasteiger partial charge in [0.1, 0.15) is 10.0 Å². The molecule has 0 saturated heterocycles. The minimum atomic E-state index is -3.74. The molecule has 0 aliphatic carbocycles. The Bertz CT molecular complexity index is 1230. The number of sulfonamides is 1. The fraction of sp³-hybridized carbons (Fsp3) is 0.316. The molecule has 0 bridgehead atoms. The molecule has 0 N–H and O–H groups in total. The molecule has 3 heterocycles. The van der Waals surface area contributed by atoms with Crippen LogP contribution >= 0.6 is 11.3 Å². The first-order valence-electron chi connectivity index (χ1n) is 9.15. The summed E-state index contributed by atoms with van der Waals surface area (Å²) in [4.78, 5) is 4.70. The lowest BCUT2D eigenvalue weighted by Crippen LogP contribution is -2.32. The number of thiophene rings is 1. The molecule has 9 heteroatoms. The van der Waals surface area contributed by atoms with Crippen molar-refractivity contribution in [3.63, 3.8) is 0 Å². The largest absolute Gasteiger partial charge is 0.275 e. The van der Waals surface area contributed by atoms with Crippen LogP contribution in [0.4, 0.5) is 5.82 Å². The molecule has 7 nitrogen and oxygen atoms in total. The fourth-order valence-electron chi connectivity index (χ4n) is 3.19. The summed E-state index contributed by atoms with van der Waals surface area (Å²) < 4.78 is 30.3. The van der Waals surface area contributed by atoms with Crippen LogP contribution in [-0.4, -0.2) is 34.5 Å². The minimum Gasteiger partial charge on any atom is -0.274 e. The van der Waals surface area contributed by atoms with E-state index in [-0.39, 0.29) is 10.1 Å². The summed E-state index contributed by atoms with van der Waals surface area (Å²) in [6.07, 6.45) is 0.649. The second kappa shape index (κ2) is 7.14. The molecule has 0 unspecified atom stereocenters. The highest BCUT2D eigenvalue weighted by atomic mass is 32.2. The number of fused-ring (bicyclic) bond motifs is 3. The summed E-state index contributed by atoms with van der Waals surface area (Å²) in [5.74, 6) is 1.22. The molecule has 3 aromatic heterocycles. The monoisotopic (exact) mass is 415 g/mol. The van der Waals surface area contributed by atoms with Crippen LogP contribution in [0.3, 0.4) is 0 Å². The van der Waals surface area contributed by atoms with Gasteiger partial charge in [-0.1, -0.05) is 39.0 Å². The van der Waals surface area contributed by atoms with E-state index in [4.69, 9.17) is 4.98 Å². The van der Waals surface area contributed by atoms with E-state index in [1.54, 1.807) is 17.5 Å². The van der Waals surface area contributed by atoms with Crippen LogP contribution in [0, 0.1) is 0 Å². The maximum Gasteiger partial charge on any atom is 0.275 e. The van der Waals surface area contributed by atoms with Crippen LogP contribution in [-0.2, 0) is 10.0 Å². The molecule has 0 fully saturated rings. The van der Waals surface area contributed by atoms with Crippen molar-refractivity contribution >= 4 is 43.9 Å². The second-order valence-electron chi connectivity index (χ2n) is 6.81. The highest BCUT2D eigenvalue weighted by Gasteiger charge is 2.30. The highest BCUT2D eigenvalue weighted by molar-refractivity contribution is 7.94. The highest BCUT2D eigenvalue weighted by Crippen LogP contribution is 2.31. The number of aromatic nitrogens is 4. The van der Waals surface area contributed by atoms with Crippen LogP contribution in [0.2, 0.25) is 0 Å². The van der Waals surface area contributed by atoms with Gasteiger partial charge < -0.3 is 0 Å². The number of nitrogens with zero attached hydrogens (tertiary/aromatic N) is 5. The van der Waals surface area contributed by atoms with E-state index >= 15 is 0 Å². The Balaban J connectivity index is 2.05. The predicted octanol–water partition coefficient (Wildman–Crippen LogP) is 4.07. The van der Waals surface area contributed by atoms with Gasteiger partial charge in [0, 0.05) is 12.5 Å². The number of rotatable bonds is 6. The Hall–Kier alpha value is -2.52. The first-order valence-corrected chi connectivity index (χ1v) is 11.5. The lowest BCUT2D eigenvalue weighted by atomic mass is 10.2. The third kappa shape index (κ3) is 2.94.